The average molecular weight is 372 g/mol. The second-order valence-corrected chi connectivity index (χ2v) is 8.27. The molecule has 0 bridgehead atoms. The number of aryl methyl sites for hydroxylation is 4. The minimum absolute atomic E-state index is 0.0203. The summed E-state index contributed by atoms with van der Waals surface area (Å²) >= 11 is 0. The van der Waals surface area contributed by atoms with E-state index in [-0.39, 0.29) is 9.79 Å². The van der Waals surface area contributed by atoms with Crippen LogP contribution in [0.25, 0.3) is 0 Å². The Morgan fingerprint density at radius 3 is 1.12 bits per heavy atom. The van der Waals surface area contributed by atoms with Crippen LogP contribution in [0, 0.1) is 27.7 Å². The Hall–Kier alpha value is -1.74. The summed E-state index contributed by atoms with van der Waals surface area (Å²) in [5.74, 6) is 0. The molecule has 2 N–H and O–H groups in total. The molecule has 0 atom stereocenters. The van der Waals surface area contributed by atoms with Gasteiger partial charge in [-0.15, -0.1) is 0 Å². The SMILES string of the molecule is Cc1ccc(S(=O)(=O)O)c(C)c1.Cc1ccc(S(=O)(=O)O)c(C)c1. The fourth-order valence-electron chi connectivity index (χ4n) is 2.18. The van der Waals surface area contributed by atoms with E-state index in [2.05, 4.69) is 0 Å². The third-order valence-electron chi connectivity index (χ3n) is 3.22. The van der Waals surface area contributed by atoms with Crippen LogP contribution < -0.4 is 0 Å². The Morgan fingerprint density at radius 2 is 0.917 bits per heavy atom. The van der Waals surface area contributed by atoms with Gasteiger partial charge in [0.25, 0.3) is 20.2 Å². The normalized spacial score (nSPS) is 11.6. The van der Waals surface area contributed by atoms with Crippen molar-refractivity contribution in [2.75, 3.05) is 0 Å². The summed E-state index contributed by atoms with van der Waals surface area (Å²) in [6.07, 6.45) is 0. The molecule has 0 amide bonds. The summed E-state index contributed by atoms with van der Waals surface area (Å²) in [6.45, 7) is 7.02. The lowest BCUT2D eigenvalue weighted by atomic mass is 10.2. The standard InChI is InChI=1S/2C8H10O3S/c2*1-6-3-4-8(7(2)5-6)12(9,10)11/h2*3-5H,1-2H3,(H,9,10,11). The molecule has 0 saturated carbocycles. The van der Waals surface area contributed by atoms with Crippen molar-refractivity contribution in [2.24, 2.45) is 0 Å². The maximum atomic E-state index is 10.7. The zero-order valence-electron chi connectivity index (χ0n) is 13.8. The van der Waals surface area contributed by atoms with Crippen molar-refractivity contribution in [1.29, 1.82) is 0 Å². The van der Waals surface area contributed by atoms with E-state index in [1.807, 2.05) is 13.8 Å². The summed E-state index contributed by atoms with van der Waals surface area (Å²) in [5.41, 5.74) is 3.08. The largest absolute Gasteiger partial charge is 0.294 e. The van der Waals surface area contributed by atoms with Crippen LogP contribution in [0.1, 0.15) is 22.3 Å². The van der Waals surface area contributed by atoms with Crippen LogP contribution in [0.3, 0.4) is 0 Å². The lowest BCUT2D eigenvalue weighted by molar-refractivity contribution is 0.480. The topological polar surface area (TPSA) is 109 Å². The quantitative estimate of drug-likeness (QED) is 0.784. The first kappa shape index (κ1) is 20.3. The van der Waals surface area contributed by atoms with Gasteiger partial charge in [-0.1, -0.05) is 35.4 Å². The molecule has 132 valence electrons. The van der Waals surface area contributed by atoms with Crippen LogP contribution in [-0.2, 0) is 20.2 Å². The first-order chi connectivity index (χ1) is 10.8. The molecule has 2 aromatic rings. The van der Waals surface area contributed by atoms with Crippen LogP contribution in [0.15, 0.2) is 46.2 Å². The molecule has 0 saturated heterocycles. The van der Waals surface area contributed by atoms with Crippen LogP contribution in [-0.4, -0.2) is 25.9 Å². The number of hydrogen-bond acceptors (Lipinski definition) is 4. The van der Waals surface area contributed by atoms with Crippen molar-refractivity contribution < 1.29 is 25.9 Å². The number of rotatable bonds is 2. The van der Waals surface area contributed by atoms with Gasteiger partial charge >= 0.3 is 0 Å². The lowest BCUT2D eigenvalue weighted by Crippen LogP contribution is -2.00. The highest BCUT2D eigenvalue weighted by molar-refractivity contribution is 7.86. The van der Waals surface area contributed by atoms with Gasteiger partial charge in [-0.2, -0.15) is 16.8 Å². The van der Waals surface area contributed by atoms with E-state index in [1.54, 1.807) is 38.1 Å². The van der Waals surface area contributed by atoms with E-state index in [1.165, 1.54) is 12.1 Å². The maximum Gasteiger partial charge on any atom is 0.294 e. The van der Waals surface area contributed by atoms with Gasteiger partial charge in [-0.25, -0.2) is 0 Å². The summed E-state index contributed by atoms with van der Waals surface area (Å²) in [4.78, 5) is -0.0406. The van der Waals surface area contributed by atoms with Crippen molar-refractivity contribution in [2.45, 2.75) is 37.5 Å². The van der Waals surface area contributed by atoms with E-state index in [9.17, 15) is 16.8 Å². The van der Waals surface area contributed by atoms with Crippen LogP contribution >= 0.6 is 0 Å². The van der Waals surface area contributed by atoms with Gasteiger partial charge in [0, 0.05) is 0 Å². The van der Waals surface area contributed by atoms with Crippen molar-refractivity contribution in [1.82, 2.24) is 0 Å². The molecule has 2 rings (SSSR count). The molecule has 0 fully saturated rings. The molecular weight excluding hydrogens is 352 g/mol. The van der Waals surface area contributed by atoms with Gasteiger partial charge in [0.2, 0.25) is 0 Å². The Kier molecular flexibility index (Phi) is 6.29. The number of benzene rings is 2. The fourth-order valence-corrected chi connectivity index (χ4v) is 3.59. The molecular formula is C16H20O6S2. The molecule has 24 heavy (non-hydrogen) atoms. The van der Waals surface area contributed by atoms with Crippen LogP contribution in [0.4, 0.5) is 0 Å². The molecule has 0 aliphatic rings. The molecule has 0 heterocycles. The van der Waals surface area contributed by atoms with Crippen molar-refractivity contribution >= 4 is 20.2 Å². The molecule has 0 aromatic heterocycles. The van der Waals surface area contributed by atoms with Gasteiger partial charge in [0.15, 0.2) is 0 Å². The molecule has 0 spiro atoms. The van der Waals surface area contributed by atoms with Gasteiger partial charge in [-0.3, -0.25) is 9.11 Å². The van der Waals surface area contributed by atoms with Crippen molar-refractivity contribution in [3.8, 4) is 0 Å². The predicted molar refractivity (Wildman–Crippen MR) is 91.5 cm³/mol. The summed E-state index contributed by atoms with van der Waals surface area (Å²) < 4.78 is 60.3. The summed E-state index contributed by atoms with van der Waals surface area (Å²) in [7, 11) is -8.10. The second kappa shape index (κ2) is 7.43. The van der Waals surface area contributed by atoms with Crippen LogP contribution in [0.2, 0.25) is 0 Å². The van der Waals surface area contributed by atoms with Gasteiger partial charge in [-0.05, 0) is 51.0 Å². The maximum absolute atomic E-state index is 10.7. The summed E-state index contributed by atoms with van der Waals surface area (Å²) in [5, 5.41) is 0. The first-order valence-electron chi connectivity index (χ1n) is 6.92. The Morgan fingerprint density at radius 1 is 0.625 bits per heavy atom. The van der Waals surface area contributed by atoms with E-state index in [0.29, 0.717) is 11.1 Å². The number of hydrogen-bond donors (Lipinski definition) is 2. The Labute approximate surface area is 142 Å². The monoisotopic (exact) mass is 372 g/mol. The highest BCUT2D eigenvalue weighted by Gasteiger charge is 2.12. The third-order valence-corrected chi connectivity index (χ3v) is 5.24. The highest BCUT2D eigenvalue weighted by atomic mass is 32.2. The molecule has 6 nitrogen and oxygen atoms in total. The van der Waals surface area contributed by atoms with E-state index < -0.39 is 20.2 Å². The molecule has 0 aliphatic carbocycles. The minimum atomic E-state index is -4.05. The Balaban J connectivity index is 0.000000240. The zero-order valence-corrected chi connectivity index (χ0v) is 15.4. The third kappa shape index (κ3) is 5.72. The average Bonchev–Trinajstić information content (AvgIpc) is 2.35. The second-order valence-electron chi connectivity index (χ2n) is 5.49. The predicted octanol–water partition coefficient (Wildman–Crippen LogP) is 3.10. The van der Waals surface area contributed by atoms with E-state index >= 15 is 0 Å². The first-order valence-corrected chi connectivity index (χ1v) is 9.80. The zero-order chi connectivity index (χ0) is 18.7. The Bertz CT molecular complexity index is 865. The van der Waals surface area contributed by atoms with Gasteiger partial charge in [0.1, 0.15) is 0 Å². The molecule has 0 radical (unpaired) electrons. The molecule has 0 unspecified atom stereocenters. The molecule has 0 aliphatic heterocycles. The molecule has 8 heteroatoms. The van der Waals surface area contributed by atoms with Crippen molar-refractivity contribution in [3.63, 3.8) is 0 Å². The van der Waals surface area contributed by atoms with Crippen LogP contribution in [0.5, 0.6) is 0 Å². The van der Waals surface area contributed by atoms with Crippen molar-refractivity contribution in [3.05, 3.63) is 58.7 Å². The van der Waals surface area contributed by atoms with Gasteiger partial charge < -0.3 is 0 Å². The minimum Gasteiger partial charge on any atom is -0.282 e. The fraction of sp³-hybridized carbons (Fsp3) is 0.250. The van der Waals surface area contributed by atoms with Gasteiger partial charge in [0.05, 0.1) is 9.79 Å². The lowest BCUT2D eigenvalue weighted by Gasteiger charge is -2.02. The van der Waals surface area contributed by atoms with E-state index in [0.717, 1.165) is 11.1 Å². The van der Waals surface area contributed by atoms with E-state index in [4.69, 9.17) is 9.11 Å². The summed E-state index contributed by atoms with van der Waals surface area (Å²) in [6, 6.07) is 9.53. The smallest absolute Gasteiger partial charge is 0.282 e. The highest BCUT2D eigenvalue weighted by Crippen LogP contribution is 2.16. The molecule has 2 aromatic carbocycles.